The molecule has 7 nitrogen and oxygen atoms in total. The van der Waals surface area contributed by atoms with Crippen molar-refractivity contribution >= 4 is 46.5 Å². The Balaban J connectivity index is 1.80. The first kappa shape index (κ1) is 17.2. The molecule has 0 radical (unpaired) electrons. The van der Waals surface area contributed by atoms with Gasteiger partial charge >= 0.3 is 5.97 Å². The van der Waals surface area contributed by atoms with Crippen LogP contribution in [0.1, 0.15) is 0 Å². The maximum absolute atomic E-state index is 13.1. The Morgan fingerprint density at radius 1 is 1.00 bits per heavy atom. The molecular weight excluding hydrogens is 370 g/mol. The number of ether oxygens (including phenoxy) is 1. The summed E-state index contributed by atoms with van der Waals surface area (Å²) in [6.07, 6.45) is 0. The molecule has 0 bridgehead atoms. The van der Waals surface area contributed by atoms with Crippen molar-refractivity contribution in [2.24, 2.45) is 11.0 Å². The quantitative estimate of drug-likeness (QED) is 0.600. The predicted molar refractivity (Wildman–Crippen MR) is 99.6 cm³/mol. The van der Waals surface area contributed by atoms with Crippen LogP contribution in [0, 0.1) is 5.92 Å². The van der Waals surface area contributed by atoms with Gasteiger partial charge in [-0.25, -0.2) is 9.69 Å². The highest BCUT2D eigenvalue weighted by Gasteiger charge is 2.59. The van der Waals surface area contributed by atoms with Crippen molar-refractivity contribution in [1.29, 1.82) is 0 Å². The number of fused-ring (bicyclic) bond motifs is 1. The topological polar surface area (TPSA) is 79.3 Å². The van der Waals surface area contributed by atoms with Crippen molar-refractivity contribution in [3.8, 4) is 0 Å². The Hall–Kier alpha value is -3.19. The minimum atomic E-state index is -1.03. The molecule has 2 aliphatic rings. The van der Waals surface area contributed by atoms with Gasteiger partial charge in [-0.2, -0.15) is 5.10 Å². The van der Waals surface area contributed by atoms with Gasteiger partial charge in [0.1, 0.15) is 12.0 Å². The fourth-order valence-corrected chi connectivity index (χ4v) is 3.45. The van der Waals surface area contributed by atoms with Gasteiger partial charge in [0.25, 0.3) is 5.91 Å². The number of hydrogen-bond acceptors (Lipinski definition) is 6. The lowest BCUT2D eigenvalue weighted by molar-refractivity contribution is -0.133. The molecule has 1 saturated heterocycles. The van der Waals surface area contributed by atoms with Crippen LogP contribution in [0.25, 0.3) is 0 Å². The standard InChI is InChI=1S/C19H14ClN3O4/c1-27-19(26)15-14-16(23(21-15)13-5-3-2-4-6-13)18(25)22(17(14)24)12-9-7-11(20)8-10-12/h2-10,14,16H,1H3. The molecular formula is C19H14ClN3O4. The molecule has 136 valence electrons. The number of imide groups is 1. The molecule has 0 saturated carbocycles. The number of hydrazone groups is 1. The third-order valence-electron chi connectivity index (χ3n) is 4.55. The predicted octanol–water partition coefficient (Wildman–Crippen LogP) is 2.25. The Kier molecular flexibility index (Phi) is 4.16. The second kappa shape index (κ2) is 6.51. The molecule has 2 aromatic rings. The van der Waals surface area contributed by atoms with Gasteiger partial charge in [-0.3, -0.25) is 14.6 Å². The summed E-state index contributed by atoms with van der Waals surface area (Å²) in [5, 5.41) is 6.14. The van der Waals surface area contributed by atoms with E-state index in [4.69, 9.17) is 16.3 Å². The van der Waals surface area contributed by atoms with Crippen LogP contribution in [0.5, 0.6) is 0 Å². The van der Waals surface area contributed by atoms with E-state index in [9.17, 15) is 14.4 Å². The summed E-state index contributed by atoms with van der Waals surface area (Å²) in [4.78, 5) is 39.4. The summed E-state index contributed by atoms with van der Waals surface area (Å²) >= 11 is 5.90. The molecule has 2 unspecified atom stereocenters. The Labute approximate surface area is 159 Å². The summed E-state index contributed by atoms with van der Waals surface area (Å²) in [7, 11) is 1.21. The van der Waals surface area contributed by atoms with Crippen molar-refractivity contribution in [2.75, 3.05) is 17.0 Å². The van der Waals surface area contributed by atoms with Gasteiger partial charge in [-0.1, -0.05) is 29.8 Å². The first-order valence-corrected chi connectivity index (χ1v) is 8.55. The first-order chi connectivity index (χ1) is 13.0. The van der Waals surface area contributed by atoms with Crippen LogP contribution >= 0.6 is 11.6 Å². The van der Waals surface area contributed by atoms with Gasteiger partial charge in [0, 0.05) is 5.02 Å². The van der Waals surface area contributed by atoms with E-state index >= 15 is 0 Å². The highest BCUT2D eigenvalue weighted by Crippen LogP contribution is 2.38. The number of benzene rings is 2. The van der Waals surface area contributed by atoms with Crippen molar-refractivity contribution in [3.63, 3.8) is 0 Å². The molecule has 2 amide bonds. The van der Waals surface area contributed by atoms with E-state index in [-0.39, 0.29) is 5.71 Å². The van der Waals surface area contributed by atoms with Gasteiger partial charge in [0.15, 0.2) is 5.71 Å². The van der Waals surface area contributed by atoms with Crippen LogP contribution in [-0.2, 0) is 19.1 Å². The normalized spacial score (nSPS) is 21.3. The minimum Gasteiger partial charge on any atom is -0.464 e. The maximum atomic E-state index is 13.1. The second-order valence-electron chi connectivity index (χ2n) is 6.07. The number of nitrogens with zero attached hydrogens (tertiary/aromatic N) is 3. The molecule has 8 heteroatoms. The Morgan fingerprint density at radius 2 is 1.67 bits per heavy atom. The van der Waals surface area contributed by atoms with E-state index in [2.05, 4.69) is 5.10 Å². The van der Waals surface area contributed by atoms with Crippen molar-refractivity contribution in [2.45, 2.75) is 6.04 Å². The lowest BCUT2D eigenvalue weighted by atomic mass is 9.98. The Morgan fingerprint density at radius 3 is 2.30 bits per heavy atom. The van der Waals surface area contributed by atoms with Crippen LogP contribution in [0.15, 0.2) is 59.7 Å². The molecule has 0 N–H and O–H groups in total. The summed E-state index contributed by atoms with van der Waals surface area (Å²) in [6.45, 7) is 0. The highest BCUT2D eigenvalue weighted by atomic mass is 35.5. The van der Waals surface area contributed by atoms with E-state index in [1.54, 1.807) is 48.5 Å². The molecule has 0 spiro atoms. The van der Waals surface area contributed by atoms with Crippen LogP contribution in [-0.4, -0.2) is 36.6 Å². The average Bonchev–Trinajstić information content (AvgIpc) is 3.20. The maximum Gasteiger partial charge on any atom is 0.355 e. The minimum absolute atomic E-state index is 0.0823. The molecule has 0 aliphatic carbocycles. The van der Waals surface area contributed by atoms with Gasteiger partial charge in [0.2, 0.25) is 5.91 Å². The molecule has 2 aliphatic heterocycles. The van der Waals surface area contributed by atoms with E-state index < -0.39 is 29.7 Å². The number of amides is 2. The molecule has 0 aromatic heterocycles. The highest BCUT2D eigenvalue weighted by molar-refractivity contribution is 6.47. The zero-order valence-electron chi connectivity index (χ0n) is 14.2. The van der Waals surface area contributed by atoms with E-state index in [0.29, 0.717) is 16.4 Å². The number of anilines is 2. The lowest BCUT2D eigenvalue weighted by Gasteiger charge is -2.22. The van der Waals surface area contributed by atoms with Crippen molar-refractivity contribution in [3.05, 3.63) is 59.6 Å². The SMILES string of the molecule is COC(=O)C1=NN(c2ccccc2)C2C(=O)N(c3ccc(Cl)cc3)C(=O)C12. The molecule has 27 heavy (non-hydrogen) atoms. The van der Waals surface area contributed by atoms with Gasteiger partial charge < -0.3 is 4.74 Å². The fraction of sp³-hybridized carbons (Fsp3) is 0.158. The number of para-hydroxylation sites is 1. The smallest absolute Gasteiger partial charge is 0.355 e. The van der Waals surface area contributed by atoms with E-state index in [0.717, 1.165) is 4.90 Å². The molecule has 4 rings (SSSR count). The van der Waals surface area contributed by atoms with Crippen molar-refractivity contribution in [1.82, 2.24) is 0 Å². The summed E-state index contributed by atoms with van der Waals surface area (Å²) in [5.41, 5.74) is 0.910. The number of esters is 1. The van der Waals surface area contributed by atoms with Crippen LogP contribution in [0.3, 0.4) is 0 Å². The van der Waals surface area contributed by atoms with Crippen molar-refractivity contribution < 1.29 is 19.1 Å². The third-order valence-corrected chi connectivity index (χ3v) is 4.80. The first-order valence-electron chi connectivity index (χ1n) is 8.17. The zero-order valence-corrected chi connectivity index (χ0v) is 15.0. The summed E-state index contributed by atoms with van der Waals surface area (Å²) in [5.74, 6) is -2.74. The monoisotopic (exact) mass is 383 g/mol. The van der Waals surface area contributed by atoms with E-state index in [1.165, 1.54) is 12.1 Å². The number of methoxy groups -OCH3 is 1. The van der Waals surface area contributed by atoms with Gasteiger partial charge in [-0.15, -0.1) is 0 Å². The number of halogens is 1. The van der Waals surface area contributed by atoms with Crippen LogP contribution in [0.2, 0.25) is 5.02 Å². The number of carbonyl (C=O) groups is 3. The molecule has 2 aromatic carbocycles. The number of hydrogen-bond donors (Lipinski definition) is 0. The second-order valence-corrected chi connectivity index (χ2v) is 6.50. The van der Waals surface area contributed by atoms with Gasteiger partial charge in [0.05, 0.1) is 18.5 Å². The fourth-order valence-electron chi connectivity index (χ4n) is 3.33. The Bertz CT molecular complexity index is 959. The summed E-state index contributed by atoms with van der Waals surface area (Å²) in [6, 6.07) is 14.3. The third kappa shape index (κ3) is 2.67. The van der Waals surface area contributed by atoms with Gasteiger partial charge in [-0.05, 0) is 36.4 Å². The number of rotatable bonds is 3. The number of carbonyl (C=O) groups excluding carboxylic acids is 3. The van der Waals surface area contributed by atoms with Crippen LogP contribution in [0.4, 0.5) is 11.4 Å². The molecule has 2 heterocycles. The zero-order chi connectivity index (χ0) is 19.1. The lowest BCUT2D eigenvalue weighted by Crippen LogP contribution is -2.39. The average molecular weight is 384 g/mol. The molecule has 1 fully saturated rings. The van der Waals surface area contributed by atoms with Crippen LogP contribution < -0.4 is 9.91 Å². The summed E-state index contributed by atoms with van der Waals surface area (Å²) < 4.78 is 4.77. The van der Waals surface area contributed by atoms with E-state index in [1.807, 2.05) is 6.07 Å². The molecule has 2 atom stereocenters. The largest absolute Gasteiger partial charge is 0.464 e.